The third-order valence-electron chi connectivity index (χ3n) is 2.99. The molecule has 0 unspecified atom stereocenters. The van der Waals surface area contributed by atoms with Gasteiger partial charge in [-0.2, -0.15) is 11.8 Å². The van der Waals surface area contributed by atoms with Crippen LogP contribution in [0.25, 0.3) is 10.2 Å². The SMILES string of the molecule is COC(=O)NCC(=O)Nc1ccc2nc(SCCSC(C)C)sc2c1. The van der Waals surface area contributed by atoms with E-state index in [0.717, 1.165) is 26.1 Å². The maximum absolute atomic E-state index is 11.8. The summed E-state index contributed by atoms with van der Waals surface area (Å²) in [5, 5.41) is 5.74. The number of nitrogens with one attached hydrogen (secondary N) is 2. The van der Waals surface area contributed by atoms with Crippen molar-refractivity contribution in [3.05, 3.63) is 18.2 Å². The van der Waals surface area contributed by atoms with E-state index in [-0.39, 0.29) is 12.5 Å². The van der Waals surface area contributed by atoms with Crippen molar-refractivity contribution in [1.29, 1.82) is 0 Å². The van der Waals surface area contributed by atoms with Gasteiger partial charge in [0.05, 0.1) is 17.3 Å². The van der Waals surface area contributed by atoms with E-state index in [9.17, 15) is 9.59 Å². The number of carbonyl (C=O) groups is 2. The molecule has 0 bridgehead atoms. The van der Waals surface area contributed by atoms with E-state index < -0.39 is 6.09 Å². The summed E-state index contributed by atoms with van der Waals surface area (Å²) in [6, 6.07) is 5.60. The van der Waals surface area contributed by atoms with Crippen LogP contribution in [0.5, 0.6) is 0 Å². The molecule has 0 spiro atoms. The van der Waals surface area contributed by atoms with Gasteiger partial charge in [0.1, 0.15) is 6.54 Å². The van der Waals surface area contributed by atoms with Crippen LogP contribution in [0.2, 0.25) is 0 Å². The second-order valence-electron chi connectivity index (χ2n) is 5.32. The molecule has 1 aromatic heterocycles. The van der Waals surface area contributed by atoms with Crippen LogP contribution in [0, 0.1) is 0 Å². The summed E-state index contributed by atoms with van der Waals surface area (Å²) in [6.07, 6.45) is -0.634. The Bertz CT molecular complexity index is 734. The van der Waals surface area contributed by atoms with E-state index in [2.05, 4.69) is 34.2 Å². The molecular formula is C16H21N3O3S3. The maximum Gasteiger partial charge on any atom is 0.407 e. The van der Waals surface area contributed by atoms with Crippen LogP contribution in [0.1, 0.15) is 13.8 Å². The molecule has 2 amide bonds. The van der Waals surface area contributed by atoms with Gasteiger partial charge in [0.25, 0.3) is 0 Å². The zero-order valence-corrected chi connectivity index (χ0v) is 16.8. The largest absolute Gasteiger partial charge is 0.453 e. The molecule has 136 valence electrons. The highest BCUT2D eigenvalue weighted by molar-refractivity contribution is 8.04. The van der Waals surface area contributed by atoms with E-state index in [4.69, 9.17) is 0 Å². The molecule has 9 heteroatoms. The molecule has 0 fully saturated rings. The Morgan fingerprint density at radius 1 is 1.32 bits per heavy atom. The number of rotatable bonds is 8. The van der Waals surface area contributed by atoms with Gasteiger partial charge in [-0.1, -0.05) is 25.6 Å². The van der Waals surface area contributed by atoms with Gasteiger partial charge in [-0.05, 0) is 23.4 Å². The molecule has 0 aliphatic rings. The monoisotopic (exact) mass is 399 g/mol. The molecule has 0 aliphatic heterocycles. The number of amides is 2. The highest BCUT2D eigenvalue weighted by Gasteiger charge is 2.09. The number of alkyl carbamates (subject to hydrolysis) is 1. The third kappa shape index (κ3) is 6.75. The number of thioether (sulfide) groups is 2. The van der Waals surface area contributed by atoms with Crippen molar-refractivity contribution < 1.29 is 14.3 Å². The summed E-state index contributed by atoms with van der Waals surface area (Å²) >= 11 is 5.32. The molecule has 0 aliphatic carbocycles. The fourth-order valence-electron chi connectivity index (χ4n) is 1.89. The Kier molecular flexibility index (Phi) is 7.86. The van der Waals surface area contributed by atoms with Crippen LogP contribution in [0.3, 0.4) is 0 Å². The zero-order chi connectivity index (χ0) is 18.2. The summed E-state index contributed by atoms with van der Waals surface area (Å²) < 4.78 is 6.49. The standard InChI is InChI=1S/C16H21N3O3S3/c1-10(2)23-6-7-24-16-19-12-5-4-11(8-13(12)25-16)18-14(20)9-17-15(21)22-3/h4-5,8,10H,6-7,9H2,1-3H3,(H,17,21)(H,18,20). The second kappa shape index (κ2) is 9.88. The van der Waals surface area contributed by atoms with Crippen molar-refractivity contribution >= 4 is 62.8 Å². The van der Waals surface area contributed by atoms with Gasteiger partial charge < -0.3 is 15.4 Å². The summed E-state index contributed by atoms with van der Waals surface area (Å²) in [5.41, 5.74) is 1.61. The lowest BCUT2D eigenvalue weighted by Gasteiger charge is -2.05. The fraction of sp³-hybridized carbons (Fsp3) is 0.438. The lowest BCUT2D eigenvalue weighted by molar-refractivity contribution is -0.115. The number of benzene rings is 1. The molecule has 2 aromatic rings. The summed E-state index contributed by atoms with van der Waals surface area (Å²) in [5.74, 6) is 1.83. The van der Waals surface area contributed by atoms with Crippen LogP contribution < -0.4 is 10.6 Å². The van der Waals surface area contributed by atoms with Gasteiger partial charge in [0.15, 0.2) is 4.34 Å². The molecule has 0 atom stereocenters. The average Bonchev–Trinajstić information content (AvgIpc) is 2.98. The number of carbonyl (C=O) groups excluding carboxylic acids is 2. The quantitative estimate of drug-likeness (QED) is 0.519. The van der Waals surface area contributed by atoms with Gasteiger partial charge in [-0.15, -0.1) is 11.3 Å². The van der Waals surface area contributed by atoms with Crippen LogP contribution in [-0.2, 0) is 9.53 Å². The van der Waals surface area contributed by atoms with Crippen molar-refractivity contribution in [1.82, 2.24) is 10.3 Å². The summed E-state index contributed by atoms with van der Waals surface area (Å²) in [7, 11) is 1.25. The third-order valence-corrected chi connectivity index (χ3v) is 6.52. The smallest absolute Gasteiger partial charge is 0.407 e. The molecular weight excluding hydrogens is 378 g/mol. The predicted octanol–water partition coefficient (Wildman–Crippen LogP) is 3.82. The van der Waals surface area contributed by atoms with Crippen molar-refractivity contribution in [2.45, 2.75) is 23.4 Å². The number of methoxy groups -OCH3 is 1. The molecule has 2 rings (SSSR count). The highest BCUT2D eigenvalue weighted by atomic mass is 32.2. The Morgan fingerprint density at radius 3 is 2.84 bits per heavy atom. The molecule has 0 saturated heterocycles. The Hall–Kier alpha value is -1.45. The first-order valence-electron chi connectivity index (χ1n) is 7.74. The summed E-state index contributed by atoms with van der Waals surface area (Å²) in [6.45, 7) is 4.26. The van der Waals surface area contributed by atoms with Gasteiger partial charge in [-0.3, -0.25) is 4.79 Å². The van der Waals surface area contributed by atoms with Crippen molar-refractivity contribution in [3.63, 3.8) is 0 Å². The minimum Gasteiger partial charge on any atom is -0.453 e. The summed E-state index contributed by atoms with van der Waals surface area (Å²) in [4.78, 5) is 27.4. The number of aromatic nitrogens is 1. The molecule has 25 heavy (non-hydrogen) atoms. The lowest BCUT2D eigenvalue weighted by atomic mass is 10.3. The van der Waals surface area contributed by atoms with Crippen molar-refractivity contribution in [2.75, 3.05) is 30.5 Å². The molecule has 0 radical (unpaired) electrons. The van der Waals surface area contributed by atoms with E-state index >= 15 is 0 Å². The number of anilines is 1. The van der Waals surface area contributed by atoms with E-state index in [1.54, 1.807) is 29.2 Å². The van der Waals surface area contributed by atoms with Crippen LogP contribution in [0.4, 0.5) is 10.5 Å². The molecule has 6 nitrogen and oxygen atoms in total. The van der Waals surface area contributed by atoms with Crippen molar-refractivity contribution in [3.8, 4) is 0 Å². The number of fused-ring (bicyclic) bond motifs is 1. The highest BCUT2D eigenvalue weighted by Crippen LogP contribution is 2.31. The van der Waals surface area contributed by atoms with Crippen molar-refractivity contribution in [2.24, 2.45) is 0 Å². The molecule has 1 aromatic carbocycles. The fourth-order valence-corrected chi connectivity index (χ4v) is 4.90. The Labute approximate surface area is 159 Å². The number of ether oxygens (including phenoxy) is 1. The van der Waals surface area contributed by atoms with E-state index in [1.165, 1.54) is 7.11 Å². The first kappa shape index (κ1) is 19.9. The lowest BCUT2D eigenvalue weighted by Crippen LogP contribution is -2.32. The Balaban J connectivity index is 1.90. The second-order valence-corrected chi connectivity index (χ2v) is 9.38. The number of nitrogens with zero attached hydrogens (tertiary/aromatic N) is 1. The average molecular weight is 400 g/mol. The molecule has 0 saturated carbocycles. The van der Waals surface area contributed by atoms with E-state index in [1.807, 2.05) is 23.9 Å². The molecule has 1 heterocycles. The van der Waals surface area contributed by atoms with Crippen LogP contribution in [0.15, 0.2) is 22.5 Å². The number of hydrogen-bond acceptors (Lipinski definition) is 7. The maximum atomic E-state index is 11.8. The molecule has 2 N–H and O–H groups in total. The zero-order valence-electron chi connectivity index (χ0n) is 14.3. The topological polar surface area (TPSA) is 80.3 Å². The number of thiazole rings is 1. The number of hydrogen-bond donors (Lipinski definition) is 2. The van der Waals surface area contributed by atoms with Gasteiger partial charge in [-0.25, -0.2) is 9.78 Å². The minimum absolute atomic E-state index is 0.137. The van der Waals surface area contributed by atoms with Crippen LogP contribution >= 0.6 is 34.9 Å². The minimum atomic E-state index is -0.634. The Morgan fingerprint density at radius 2 is 2.12 bits per heavy atom. The first-order valence-corrected chi connectivity index (χ1v) is 10.6. The predicted molar refractivity (Wildman–Crippen MR) is 107 cm³/mol. The van der Waals surface area contributed by atoms with Gasteiger partial charge in [0, 0.05) is 17.2 Å². The van der Waals surface area contributed by atoms with Gasteiger partial charge >= 0.3 is 6.09 Å². The van der Waals surface area contributed by atoms with Crippen LogP contribution in [-0.4, -0.2) is 47.4 Å². The van der Waals surface area contributed by atoms with E-state index in [0.29, 0.717) is 10.9 Å². The van der Waals surface area contributed by atoms with Gasteiger partial charge in [0.2, 0.25) is 5.91 Å². The first-order chi connectivity index (χ1) is 12.0. The normalized spacial score (nSPS) is 10.9.